The number of nitrogens with zero attached hydrogens (tertiary/aromatic N) is 2. The highest BCUT2D eigenvalue weighted by molar-refractivity contribution is 5.74. The van der Waals surface area contributed by atoms with Crippen LogP contribution in [0, 0.1) is 6.92 Å². The summed E-state index contributed by atoms with van der Waals surface area (Å²) >= 11 is 0. The SMILES string of the molecule is Cc1cccc2c1Nc1nc(=O)n([C@@H]3O[C@H](CO)C(O)C3O)cc1O2. The number of aliphatic hydroxyl groups excluding tert-OH is 3. The molecule has 0 saturated carbocycles. The first-order valence-electron chi connectivity index (χ1n) is 7.79. The lowest BCUT2D eigenvalue weighted by Crippen LogP contribution is -2.36. The van der Waals surface area contributed by atoms with Crippen LogP contribution in [0.3, 0.4) is 0 Å². The molecule has 0 spiro atoms. The lowest BCUT2D eigenvalue weighted by molar-refractivity contribution is -0.0551. The van der Waals surface area contributed by atoms with Gasteiger partial charge in [0.25, 0.3) is 0 Å². The molecule has 1 aromatic heterocycles. The first kappa shape index (κ1) is 16.0. The Morgan fingerprint density at radius 2 is 2.08 bits per heavy atom. The van der Waals surface area contributed by atoms with Crippen molar-refractivity contribution < 1.29 is 24.8 Å². The van der Waals surface area contributed by atoms with Crippen LogP contribution >= 0.6 is 0 Å². The van der Waals surface area contributed by atoms with E-state index < -0.39 is 36.8 Å². The maximum absolute atomic E-state index is 12.3. The van der Waals surface area contributed by atoms with E-state index in [1.165, 1.54) is 6.20 Å². The van der Waals surface area contributed by atoms with Crippen LogP contribution in [0.2, 0.25) is 0 Å². The van der Waals surface area contributed by atoms with E-state index in [0.717, 1.165) is 15.8 Å². The van der Waals surface area contributed by atoms with Crippen molar-refractivity contribution in [3.63, 3.8) is 0 Å². The van der Waals surface area contributed by atoms with Crippen LogP contribution in [0.1, 0.15) is 11.8 Å². The maximum Gasteiger partial charge on any atom is 0.351 e. The van der Waals surface area contributed by atoms with Gasteiger partial charge in [-0.15, -0.1) is 0 Å². The number of aryl methyl sites for hydroxylation is 1. The van der Waals surface area contributed by atoms with E-state index >= 15 is 0 Å². The van der Waals surface area contributed by atoms with Gasteiger partial charge < -0.3 is 30.1 Å². The molecule has 9 heteroatoms. The first-order chi connectivity index (χ1) is 12.0. The molecule has 0 amide bonds. The summed E-state index contributed by atoms with van der Waals surface area (Å²) in [7, 11) is 0. The van der Waals surface area contributed by atoms with Crippen molar-refractivity contribution in [3.05, 3.63) is 40.4 Å². The highest BCUT2D eigenvalue weighted by atomic mass is 16.6. The molecule has 132 valence electrons. The topological polar surface area (TPSA) is 126 Å². The summed E-state index contributed by atoms with van der Waals surface area (Å²) in [6.07, 6.45) is -3.46. The standard InChI is InChI=1S/C16H17N3O6/c1-7-3-2-4-8-11(7)17-14-9(24-8)5-19(16(23)18-14)15-13(22)12(21)10(6-20)25-15/h2-5,10,12-13,15,20-22H,6H2,1H3,(H,17,18,23)/t10-,12?,13?,15-/m1/s1. The van der Waals surface area contributed by atoms with Crippen LogP contribution < -0.4 is 15.7 Å². The Kier molecular flexibility index (Phi) is 3.73. The fourth-order valence-corrected chi connectivity index (χ4v) is 3.03. The Hall–Kier alpha value is -2.46. The van der Waals surface area contributed by atoms with E-state index in [9.17, 15) is 20.1 Å². The summed E-state index contributed by atoms with van der Waals surface area (Å²) in [5, 5.41) is 32.2. The Morgan fingerprint density at radius 3 is 2.80 bits per heavy atom. The van der Waals surface area contributed by atoms with Crippen molar-refractivity contribution in [3.8, 4) is 11.5 Å². The van der Waals surface area contributed by atoms with Crippen LogP contribution in [-0.2, 0) is 4.74 Å². The second kappa shape index (κ2) is 5.81. The van der Waals surface area contributed by atoms with Crippen LogP contribution in [0.25, 0.3) is 0 Å². The van der Waals surface area contributed by atoms with Crippen molar-refractivity contribution in [2.75, 3.05) is 11.9 Å². The van der Waals surface area contributed by atoms with Crippen molar-refractivity contribution in [1.29, 1.82) is 0 Å². The zero-order valence-corrected chi connectivity index (χ0v) is 13.3. The molecule has 0 bridgehead atoms. The summed E-state index contributed by atoms with van der Waals surface area (Å²) in [6, 6.07) is 5.52. The monoisotopic (exact) mass is 347 g/mol. The number of anilines is 2. The van der Waals surface area contributed by atoms with Gasteiger partial charge in [0.15, 0.2) is 23.5 Å². The Balaban J connectivity index is 1.72. The molecule has 1 aromatic carbocycles. The van der Waals surface area contributed by atoms with E-state index in [-0.39, 0.29) is 11.6 Å². The number of benzene rings is 1. The molecule has 1 saturated heterocycles. The third-order valence-electron chi connectivity index (χ3n) is 4.41. The highest BCUT2D eigenvalue weighted by Gasteiger charge is 2.44. The minimum absolute atomic E-state index is 0.259. The molecule has 4 rings (SSSR count). The predicted octanol–water partition coefficient (Wildman–Crippen LogP) is 0.0125. The molecule has 2 aliphatic heterocycles. The summed E-state index contributed by atoms with van der Waals surface area (Å²) in [5.41, 5.74) is 0.992. The van der Waals surface area contributed by atoms with Crippen LogP contribution in [0.15, 0.2) is 29.2 Å². The first-order valence-corrected chi connectivity index (χ1v) is 7.79. The Labute approximate surface area is 142 Å². The zero-order valence-electron chi connectivity index (χ0n) is 13.3. The number of aliphatic hydroxyl groups is 3. The summed E-state index contributed by atoms with van der Waals surface area (Å²) in [6.45, 7) is 1.42. The lowest BCUT2D eigenvalue weighted by atomic mass is 10.1. The number of para-hydroxylation sites is 1. The van der Waals surface area contributed by atoms with E-state index in [1.54, 1.807) is 6.07 Å². The molecule has 9 nitrogen and oxygen atoms in total. The van der Waals surface area contributed by atoms with Crippen molar-refractivity contribution in [2.24, 2.45) is 0 Å². The third kappa shape index (κ3) is 2.48. The third-order valence-corrected chi connectivity index (χ3v) is 4.41. The van der Waals surface area contributed by atoms with E-state index in [1.807, 2.05) is 19.1 Å². The van der Waals surface area contributed by atoms with Gasteiger partial charge in [-0.1, -0.05) is 12.1 Å². The minimum atomic E-state index is -1.37. The molecule has 25 heavy (non-hydrogen) atoms. The fraction of sp³-hybridized carbons (Fsp3) is 0.375. The molecular formula is C16H17N3O6. The molecule has 2 aliphatic rings. The molecule has 2 unspecified atom stereocenters. The van der Waals surface area contributed by atoms with Gasteiger partial charge in [0.1, 0.15) is 18.3 Å². The second-order valence-corrected chi connectivity index (χ2v) is 6.05. The lowest BCUT2D eigenvalue weighted by Gasteiger charge is -2.24. The van der Waals surface area contributed by atoms with Gasteiger partial charge in [-0.05, 0) is 18.6 Å². The van der Waals surface area contributed by atoms with Crippen LogP contribution in [-0.4, -0.2) is 49.8 Å². The minimum Gasteiger partial charge on any atom is -0.450 e. The van der Waals surface area contributed by atoms with E-state index in [2.05, 4.69) is 10.3 Å². The Bertz CT molecular complexity index is 883. The van der Waals surface area contributed by atoms with Gasteiger partial charge in [0, 0.05) is 0 Å². The van der Waals surface area contributed by atoms with Gasteiger partial charge >= 0.3 is 5.69 Å². The molecule has 0 aliphatic carbocycles. The molecule has 4 N–H and O–H groups in total. The Morgan fingerprint density at radius 1 is 1.28 bits per heavy atom. The number of nitrogens with one attached hydrogen (secondary N) is 1. The van der Waals surface area contributed by atoms with Gasteiger partial charge in [-0.2, -0.15) is 4.98 Å². The maximum atomic E-state index is 12.3. The number of aromatic nitrogens is 2. The number of ether oxygens (including phenoxy) is 2. The van der Waals surface area contributed by atoms with E-state index in [0.29, 0.717) is 5.75 Å². The smallest absolute Gasteiger partial charge is 0.351 e. The highest BCUT2D eigenvalue weighted by Crippen LogP contribution is 2.42. The molecule has 3 heterocycles. The molecular weight excluding hydrogens is 330 g/mol. The van der Waals surface area contributed by atoms with Gasteiger partial charge in [0.2, 0.25) is 0 Å². The number of hydrogen-bond acceptors (Lipinski definition) is 8. The zero-order chi connectivity index (χ0) is 17.7. The molecule has 0 radical (unpaired) electrons. The number of hydrogen-bond donors (Lipinski definition) is 4. The summed E-state index contributed by atoms with van der Waals surface area (Å²) < 4.78 is 12.2. The van der Waals surface area contributed by atoms with E-state index in [4.69, 9.17) is 9.47 Å². The van der Waals surface area contributed by atoms with Crippen molar-refractivity contribution >= 4 is 11.5 Å². The molecule has 1 fully saturated rings. The van der Waals surface area contributed by atoms with Crippen molar-refractivity contribution in [2.45, 2.75) is 31.5 Å². The largest absolute Gasteiger partial charge is 0.450 e. The van der Waals surface area contributed by atoms with Crippen molar-refractivity contribution in [1.82, 2.24) is 9.55 Å². The molecule has 2 aromatic rings. The normalized spacial score (nSPS) is 27.2. The summed E-state index contributed by atoms with van der Waals surface area (Å²) in [5.74, 6) is 1.13. The average molecular weight is 347 g/mol. The second-order valence-electron chi connectivity index (χ2n) is 6.05. The average Bonchev–Trinajstić information content (AvgIpc) is 2.88. The van der Waals surface area contributed by atoms with Crippen LogP contribution in [0.4, 0.5) is 11.5 Å². The van der Waals surface area contributed by atoms with Gasteiger partial charge in [-0.25, -0.2) is 4.79 Å². The fourth-order valence-electron chi connectivity index (χ4n) is 3.03. The number of rotatable bonds is 2. The van der Waals surface area contributed by atoms with Crippen LogP contribution in [0.5, 0.6) is 11.5 Å². The summed E-state index contributed by atoms with van der Waals surface area (Å²) in [4.78, 5) is 16.3. The van der Waals surface area contributed by atoms with Gasteiger partial charge in [-0.3, -0.25) is 4.57 Å². The molecule has 4 atom stereocenters. The number of fused-ring (bicyclic) bond motifs is 2. The van der Waals surface area contributed by atoms with Gasteiger partial charge in [0.05, 0.1) is 18.5 Å². The predicted molar refractivity (Wildman–Crippen MR) is 86.0 cm³/mol. The quantitative estimate of drug-likeness (QED) is 0.511.